The van der Waals surface area contributed by atoms with Gasteiger partial charge in [0, 0.05) is 11.8 Å². The minimum atomic E-state index is -0.345. The number of aromatic nitrogens is 1. The Hall–Kier alpha value is -0.920. The molecule has 1 heterocycles. The van der Waals surface area contributed by atoms with Crippen LogP contribution in [0, 0.1) is 12.9 Å². The third-order valence-electron chi connectivity index (χ3n) is 1.86. The molecule has 0 unspecified atom stereocenters. The van der Waals surface area contributed by atoms with Crippen LogP contribution in [0.3, 0.4) is 0 Å². The summed E-state index contributed by atoms with van der Waals surface area (Å²) in [5, 5.41) is 0. The van der Waals surface area contributed by atoms with Crippen molar-refractivity contribution in [3.63, 3.8) is 0 Å². The summed E-state index contributed by atoms with van der Waals surface area (Å²) in [5.74, 6) is -0.345. The summed E-state index contributed by atoms with van der Waals surface area (Å²) in [6, 6.07) is 1.84. The van der Waals surface area contributed by atoms with Crippen molar-refractivity contribution in [2.24, 2.45) is 0 Å². The number of halogens is 1. The zero-order valence-electron chi connectivity index (χ0n) is 7.98. The van der Waals surface area contributed by atoms with Crippen LogP contribution < -0.4 is 0 Å². The van der Waals surface area contributed by atoms with Gasteiger partial charge in [-0.2, -0.15) is 4.39 Å². The van der Waals surface area contributed by atoms with Gasteiger partial charge in [-0.1, -0.05) is 20.8 Å². The minimum Gasteiger partial charge on any atom is -0.228 e. The lowest BCUT2D eigenvalue weighted by Crippen LogP contribution is -2.16. The first-order chi connectivity index (χ1) is 5.43. The molecule has 0 aromatic carbocycles. The average Bonchev–Trinajstić information content (AvgIpc) is 1.82. The Balaban J connectivity index is 3.31. The molecular weight excluding hydrogens is 153 g/mol. The van der Waals surface area contributed by atoms with Gasteiger partial charge in [-0.15, -0.1) is 0 Å². The van der Waals surface area contributed by atoms with Crippen molar-refractivity contribution >= 4 is 0 Å². The maximum atomic E-state index is 13.2. The van der Waals surface area contributed by atoms with Crippen LogP contribution in [0.1, 0.15) is 31.9 Å². The molecule has 0 aliphatic carbocycles. The van der Waals surface area contributed by atoms with Crippen LogP contribution in [0.4, 0.5) is 4.39 Å². The van der Waals surface area contributed by atoms with Gasteiger partial charge in [0.2, 0.25) is 5.95 Å². The van der Waals surface area contributed by atoms with Gasteiger partial charge >= 0.3 is 0 Å². The van der Waals surface area contributed by atoms with Crippen molar-refractivity contribution in [2.75, 3.05) is 0 Å². The molecule has 1 rings (SSSR count). The first-order valence-electron chi connectivity index (χ1n) is 4.04. The lowest BCUT2D eigenvalue weighted by molar-refractivity contribution is 0.495. The van der Waals surface area contributed by atoms with Crippen LogP contribution in [0.2, 0.25) is 0 Å². The second-order valence-corrected chi connectivity index (χ2v) is 4.04. The smallest absolute Gasteiger partial charge is 0.216 e. The number of rotatable bonds is 0. The predicted octanol–water partition coefficient (Wildman–Crippen LogP) is 2.83. The van der Waals surface area contributed by atoms with E-state index < -0.39 is 0 Å². The van der Waals surface area contributed by atoms with Crippen molar-refractivity contribution < 1.29 is 4.39 Å². The second kappa shape index (κ2) is 2.85. The Morgan fingerprint density at radius 2 is 1.92 bits per heavy atom. The van der Waals surface area contributed by atoms with E-state index >= 15 is 0 Å². The van der Waals surface area contributed by atoms with Crippen LogP contribution in [0.5, 0.6) is 0 Å². The van der Waals surface area contributed by atoms with Gasteiger partial charge in [-0.25, -0.2) is 4.98 Å². The highest BCUT2D eigenvalue weighted by Crippen LogP contribution is 2.26. The van der Waals surface area contributed by atoms with Gasteiger partial charge in [0.25, 0.3) is 0 Å². The molecule has 12 heavy (non-hydrogen) atoms. The Kier molecular flexibility index (Phi) is 2.18. The molecule has 0 bridgehead atoms. The van der Waals surface area contributed by atoms with Crippen molar-refractivity contribution in [1.29, 1.82) is 0 Å². The number of hydrogen-bond acceptors (Lipinski definition) is 1. The van der Waals surface area contributed by atoms with E-state index in [1.807, 2.05) is 33.8 Å². The first kappa shape index (κ1) is 9.17. The van der Waals surface area contributed by atoms with Gasteiger partial charge in [-0.05, 0) is 24.0 Å². The van der Waals surface area contributed by atoms with Gasteiger partial charge in [-0.3, -0.25) is 0 Å². The zero-order valence-corrected chi connectivity index (χ0v) is 7.98. The second-order valence-electron chi connectivity index (χ2n) is 4.04. The third kappa shape index (κ3) is 1.63. The van der Waals surface area contributed by atoms with Crippen LogP contribution in [-0.4, -0.2) is 4.98 Å². The number of nitrogens with zero attached hydrogens (tertiary/aromatic N) is 1. The number of hydrogen-bond donors (Lipinski definition) is 0. The molecule has 2 heteroatoms. The molecule has 1 aromatic rings. The van der Waals surface area contributed by atoms with E-state index in [1.165, 1.54) is 6.20 Å². The van der Waals surface area contributed by atoms with Crippen molar-refractivity contribution in [2.45, 2.75) is 33.1 Å². The molecule has 0 fully saturated rings. The first-order valence-corrected chi connectivity index (χ1v) is 4.04. The molecule has 0 radical (unpaired) electrons. The molecule has 0 atom stereocenters. The predicted molar refractivity (Wildman–Crippen MR) is 47.6 cm³/mol. The molecule has 0 aliphatic rings. The van der Waals surface area contributed by atoms with E-state index in [-0.39, 0.29) is 11.4 Å². The lowest BCUT2D eigenvalue weighted by atomic mass is 9.85. The van der Waals surface area contributed by atoms with E-state index in [9.17, 15) is 4.39 Å². The van der Waals surface area contributed by atoms with Crippen LogP contribution >= 0.6 is 0 Å². The Morgan fingerprint density at radius 3 is 2.25 bits per heavy atom. The van der Waals surface area contributed by atoms with Crippen LogP contribution in [0.25, 0.3) is 0 Å². The summed E-state index contributed by atoms with van der Waals surface area (Å²) >= 11 is 0. The molecule has 66 valence electrons. The molecule has 1 aromatic heterocycles. The summed E-state index contributed by atoms with van der Waals surface area (Å²) in [4.78, 5) is 3.64. The minimum absolute atomic E-state index is 0.164. The van der Waals surface area contributed by atoms with E-state index in [4.69, 9.17) is 0 Å². The highest BCUT2D eigenvalue weighted by atomic mass is 19.1. The molecule has 0 saturated heterocycles. The van der Waals surface area contributed by atoms with Gasteiger partial charge < -0.3 is 0 Å². The van der Waals surface area contributed by atoms with Crippen molar-refractivity contribution in [3.8, 4) is 0 Å². The maximum Gasteiger partial charge on any atom is 0.216 e. The Morgan fingerprint density at radius 1 is 1.33 bits per heavy atom. The fourth-order valence-corrected chi connectivity index (χ4v) is 1.43. The average molecular weight is 167 g/mol. The third-order valence-corrected chi connectivity index (χ3v) is 1.86. The molecule has 0 aliphatic heterocycles. The highest BCUT2D eigenvalue weighted by Gasteiger charge is 2.20. The van der Waals surface area contributed by atoms with Gasteiger partial charge in [0.15, 0.2) is 0 Å². The van der Waals surface area contributed by atoms with E-state index in [0.717, 1.165) is 5.56 Å². The zero-order chi connectivity index (χ0) is 9.35. The molecule has 0 amide bonds. The van der Waals surface area contributed by atoms with E-state index in [2.05, 4.69) is 4.98 Å². The summed E-state index contributed by atoms with van der Waals surface area (Å²) < 4.78 is 13.2. The van der Waals surface area contributed by atoms with E-state index in [1.54, 1.807) is 0 Å². The normalized spacial score (nSPS) is 11.8. The molecule has 0 saturated carbocycles. The van der Waals surface area contributed by atoms with Crippen molar-refractivity contribution in [1.82, 2.24) is 4.98 Å². The molecule has 0 spiro atoms. The van der Waals surface area contributed by atoms with Crippen LogP contribution in [0.15, 0.2) is 12.3 Å². The standard InChI is InChI=1S/C10H14FN/c1-7-5-6-12-9(11)8(7)10(2,3)4/h5-6H,1-4H3. The summed E-state index contributed by atoms with van der Waals surface area (Å²) in [6.07, 6.45) is 1.50. The van der Waals surface area contributed by atoms with Gasteiger partial charge in [0.1, 0.15) is 0 Å². The lowest BCUT2D eigenvalue weighted by Gasteiger charge is -2.21. The summed E-state index contributed by atoms with van der Waals surface area (Å²) in [5.41, 5.74) is 1.52. The quantitative estimate of drug-likeness (QED) is 0.541. The highest BCUT2D eigenvalue weighted by molar-refractivity contribution is 5.29. The Labute approximate surface area is 72.6 Å². The summed E-state index contributed by atoms with van der Waals surface area (Å²) in [6.45, 7) is 7.87. The SMILES string of the molecule is Cc1ccnc(F)c1C(C)(C)C. The van der Waals surface area contributed by atoms with E-state index in [0.29, 0.717) is 5.56 Å². The topological polar surface area (TPSA) is 12.9 Å². The summed E-state index contributed by atoms with van der Waals surface area (Å²) in [7, 11) is 0. The van der Waals surface area contributed by atoms with Gasteiger partial charge in [0.05, 0.1) is 0 Å². The fraction of sp³-hybridized carbons (Fsp3) is 0.500. The molecule has 0 N–H and O–H groups in total. The van der Waals surface area contributed by atoms with Crippen LogP contribution in [-0.2, 0) is 5.41 Å². The number of pyridine rings is 1. The molecular formula is C10H14FN. The Bertz CT molecular complexity index is 266. The monoisotopic (exact) mass is 167 g/mol. The van der Waals surface area contributed by atoms with Crippen molar-refractivity contribution in [3.05, 3.63) is 29.3 Å². The maximum absolute atomic E-state index is 13.2. The fourth-order valence-electron chi connectivity index (χ4n) is 1.43. The number of aryl methyl sites for hydroxylation is 1. The largest absolute Gasteiger partial charge is 0.228 e. The molecule has 1 nitrogen and oxygen atoms in total.